The fourth-order valence-electron chi connectivity index (χ4n) is 1.45. The number of ether oxygens (including phenoxy) is 2. The molecule has 0 bridgehead atoms. The van der Waals surface area contributed by atoms with Crippen LogP contribution >= 0.6 is 0 Å². The highest BCUT2D eigenvalue weighted by Crippen LogP contribution is 2.32. The number of nitrogens with zero attached hydrogens (tertiary/aromatic N) is 1. The first kappa shape index (κ1) is 9.34. The molecule has 1 aliphatic heterocycles. The summed E-state index contributed by atoms with van der Waals surface area (Å²) in [6, 6.07) is 6.14. The molecule has 3 nitrogen and oxygen atoms in total. The molecule has 1 aromatic carbocycles. The van der Waals surface area contributed by atoms with Gasteiger partial charge in [0.25, 0.3) is 0 Å². The summed E-state index contributed by atoms with van der Waals surface area (Å²) in [5.41, 5.74) is 1.29. The molecule has 1 aliphatic rings. The van der Waals surface area contributed by atoms with E-state index >= 15 is 0 Å². The average Bonchev–Trinajstić information content (AvgIpc) is 2.61. The Morgan fingerprint density at radius 2 is 2.00 bits per heavy atom. The summed E-state index contributed by atoms with van der Waals surface area (Å²) in [4.78, 5) is 2.17. The highest BCUT2D eigenvalue weighted by molar-refractivity contribution is 5.44. The van der Waals surface area contributed by atoms with Gasteiger partial charge in [-0.1, -0.05) is 6.07 Å². The largest absolute Gasteiger partial charge is 0.454 e. The first-order valence-corrected chi connectivity index (χ1v) is 4.79. The van der Waals surface area contributed by atoms with Crippen molar-refractivity contribution in [3.8, 4) is 11.5 Å². The lowest BCUT2D eigenvalue weighted by Crippen LogP contribution is -2.14. The second-order valence-corrected chi connectivity index (χ2v) is 3.74. The standard InChI is InChI=1S/C11H15NO2/c1-12(2)6-5-9-3-4-10-11(7-9)14-8-13-10/h3-4,7H,5-6,8H2,1-2H3. The van der Waals surface area contributed by atoms with Gasteiger partial charge in [0.2, 0.25) is 6.79 Å². The summed E-state index contributed by atoms with van der Waals surface area (Å²) >= 11 is 0. The maximum absolute atomic E-state index is 5.31. The molecule has 76 valence electrons. The normalized spacial score (nSPS) is 13.6. The number of likely N-dealkylation sites (N-methyl/N-ethyl adjacent to an activating group) is 1. The van der Waals surface area contributed by atoms with Gasteiger partial charge < -0.3 is 14.4 Å². The van der Waals surface area contributed by atoms with Crippen molar-refractivity contribution in [2.24, 2.45) is 0 Å². The second-order valence-electron chi connectivity index (χ2n) is 3.74. The number of hydrogen-bond acceptors (Lipinski definition) is 3. The van der Waals surface area contributed by atoms with Crippen LogP contribution in [0.2, 0.25) is 0 Å². The molecular formula is C11H15NO2. The molecule has 14 heavy (non-hydrogen) atoms. The van der Waals surface area contributed by atoms with E-state index in [0.717, 1.165) is 24.5 Å². The summed E-state index contributed by atoms with van der Waals surface area (Å²) < 4.78 is 10.6. The summed E-state index contributed by atoms with van der Waals surface area (Å²) in [7, 11) is 4.15. The number of fused-ring (bicyclic) bond motifs is 1. The average molecular weight is 193 g/mol. The molecule has 0 amide bonds. The molecule has 0 saturated carbocycles. The molecule has 0 unspecified atom stereocenters. The lowest BCUT2D eigenvalue weighted by atomic mass is 10.1. The topological polar surface area (TPSA) is 21.7 Å². The van der Waals surface area contributed by atoms with Gasteiger partial charge in [0.1, 0.15) is 0 Å². The van der Waals surface area contributed by atoms with Crippen molar-refractivity contribution in [2.75, 3.05) is 27.4 Å². The van der Waals surface area contributed by atoms with Gasteiger partial charge in [0.15, 0.2) is 11.5 Å². The molecule has 0 spiro atoms. The minimum atomic E-state index is 0.354. The van der Waals surface area contributed by atoms with Crippen molar-refractivity contribution in [1.82, 2.24) is 4.90 Å². The van der Waals surface area contributed by atoms with E-state index in [1.165, 1.54) is 5.56 Å². The van der Waals surface area contributed by atoms with E-state index in [2.05, 4.69) is 31.1 Å². The maximum Gasteiger partial charge on any atom is 0.231 e. The third-order valence-electron chi connectivity index (χ3n) is 2.28. The molecule has 0 atom stereocenters. The van der Waals surface area contributed by atoms with Crippen LogP contribution in [0.5, 0.6) is 11.5 Å². The van der Waals surface area contributed by atoms with Crippen LogP contribution in [0.15, 0.2) is 18.2 Å². The van der Waals surface area contributed by atoms with Gasteiger partial charge in [-0.15, -0.1) is 0 Å². The fraction of sp³-hybridized carbons (Fsp3) is 0.455. The third kappa shape index (κ3) is 1.99. The van der Waals surface area contributed by atoms with E-state index in [4.69, 9.17) is 9.47 Å². The van der Waals surface area contributed by atoms with Crippen LogP contribution in [-0.2, 0) is 6.42 Å². The Morgan fingerprint density at radius 3 is 2.79 bits per heavy atom. The first-order valence-electron chi connectivity index (χ1n) is 4.79. The minimum Gasteiger partial charge on any atom is -0.454 e. The van der Waals surface area contributed by atoms with Crippen LogP contribution in [0, 0.1) is 0 Å². The van der Waals surface area contributed by atoms with Crippen LogP contribution in [0.1, 0.15) is 5.56 Å². The van der Waals surface area contributed by atoms with Crippen molar-refractivity contribution < 1.29 is 9.47 Å². The van der Waals surface area contributed by atoms with E-state index in [1.54, 1.807) is 0 Å². The zero-order valence-corrected chi connectivity index (χ0v) is 8.62. The Bertz CT molecular complexity index is 323. The van der Waals surface area contributed by atoms with Gasteiger partial charge in [-0.05, 0) is 38.2 Å². The SMILES string of the molecule is CN(C)CCc1ccc2c(c1)OCO2. The molecule has 1 heterocycles. The molecular weight excluding hydrogens is 178 g/mol. The molecule has 1 aromatic rings. The predicted molar refractivity (Wildman–Crippen MR) is 54.8 cm³/mol. The smallest absolute Gasteiger partial charge is 0.231 e. The van der Waals surface area contributed by atoms with E-state index in [0.29, 0.717) is 6.79 Å². The highest BCUT2D eigenvalue weighted by Gasteiger charge is 2.12. The molecule has 2 rings (SSSR count). The Hall–Kier alpha value is -1.22. The molecule has 0 saturated heterocycles. The van der Waals surface area contributed by atoms with E-state index in [1.807, 2.05) is 6.07 Å². The summed E-state index contributed by atoms with van der Waals surface area (Å²) in [6.45, 7) is 1.41. The van der Waals surface area contributed by atoms with Crippen LogP contribution in [-0.4, -0.2) is 32.3 Å². The maximum atomic E-state index is 5.31. The summed E-state index contributed by atoms with van der Waals surface area (Å²) in [6.07, 6.45) is 1.05. The Morgan fingerprint density at radius 1 is 1.21 bits per heavy atom. The van der Waals surface area contributed by atoms with Crippen LogP contribution < -0.4 is 9.47 Å². The fourth-order valence-corrected chi connectivity index (χ4v) is 1.45. The van der Waals surface area contributed by atoms with Crippen molar-refractivity contribution in [1.29, 1.82) is 0 Å². The summed E-state index contributed by atoms with van der Waals surface area (Å²) in [5.74, 6) is 1.74. The molecule has 0 aromatic heterocycles. The van der Waals surface area contributed by atoms with Crippen molar-refractivity contribution >= 4 is 0 Å². The third-order valence-corrected chi connectivity index (χ3v) is 2.28. The van der Waals surface area contributed by atoms with Crippen molar-refractivity contribution in [3.63, 3.8) is 0 Å². The van der Waals surface area contributed by atoms with Crippen molar-refractivity contribution in [2.45, 2.75) is 6.42 Å². The Labute approximate surface area is 84.2 Å². The Balaban J connectivity index is 2.05. The van der Waals surface area contributed by atoms with Gasteiger partial charge in [0.05, 0.1) is 0 Å². The summed E-state index contributed by atoms with van der Waals surface area (Å²) in [5, 5.41) is 0. The van der Waals surface area contributed by atoms with Crippen LogP contribution in [0.3, 0.4) is 0 Å². The van der Waals surface area contributed by atoms with E-state index in [-0.39, 0.29) is 0 Å². The first-order chi connectivity index (χ1) is 6.75. The number of hydrogen-bond donors (Lipinski definition) is 0. The van der Waals surface area contributed by atoms with Gasteiger partial charge in [-0.25, -0.2) is 0 Å². The Kier molecular flexibility index (Phi) is 2.59. The quantitative estimate of drug-likeness (QED) is 0.726. The molecule has 0 N–H and O–H groups in total. The lowest BCUT2D eigenvalue weighted by Gasteiger charge is -2.09. The van der Waals surface area contributed by atoms with Crippen LogP contribution in [0.4, 0.5) is 0 Å². The second kappa shape index (κ2) is 3.88. The highest BCUT2D eigenvalue weighted by atomic mass is 16.7. The van der Waals surface area contributed by atoms with E-state index < -0.39 is 0 Å². The monoisotopic (exact) mass is 193 g/mol. The van der Waals surface area contributed by atoms with Crippen LogP contribution in [0.25, 0.3) is 0 Å². The van der Waals surface area contributed by atoms with Gasteiger partial charge in [-0.3, -0.25) is 0 Å². The lowest BCUT2D eigenvalue weighted by molar-refractivity contribution is 0.174. The molecule has 0 aliphatic carbocycles. The van der Waals surface area contributed by atoms with Gasteiger partial charge in [0, 0.05) is 6.54 Å². The van der Waals surface area contributed by atoms with Gasteiger partial charge >= 0.3 is 0 Å². The minimum absolute atomic E-state index is 0.354. The number of benzene rings is 1. The zero-order valence-electron chi connectivity index (χ0n) is 8.62. The molecule has 0 radical (unpaired) electrons. The van der Waals surface area contributed by atoms with Gasteiger partial charge in [-0.2, -0.15) is 0 Å². The number of rotatable bonds is 3. The van der Waals surface area contributed by atoms with E-state index in [9.17, 15) is 0 Å². The molecule has 3 heteroatoms. The predicted octanol–water partition coefficient (Wildman–Crippen LogP) is 1.52. The van der Waals surface area contributed by atoms with Crippen molar-refractivity contribution in [3.05, 3.63) is 23.8 Å². The zero-order chi connectivity index (χ0) is 9.97. The molecule has 0 fully saturated rings.